The molecule has 1 N–H and O–H groups in total. The van der Waals surface area contributed by atoms with Crippen LogP contribution in [0.2, 0.25) is 0 Å². The molecule has 6 nitrogen and oxygen atoms in total. The van der Waals surface area contributed by atoms with Gasteiger partial charge in [-0.25, -0.2) is 4.98 Å². The van der Waals surface area contributed by atoms with Gasteiger partial charge in [0.25, 0.3) is 0 Å². The zero-order valence-corrected chi connectivity index (χ0v) is 10.2. The molecule has 0 bridgehead atoms. The molecule has 0 amide bonds. The molecular weight excluding hydrogens is 248 g/mol. The normalized spacial score (nSPS) is 10.2. The van der Waals surface area contributed by atoms with E-state index in [4.69, 9.17) is 9.84 Å². The second-order valence-corrected chi connectivity index (χ2v) is 3.95. The number of nitro groups is 1. The van der Waals surface area contributed by atoms with E-state index >= 15 is 0 Å². The third-order valence-corrected chi connectivity index (χ3v) is 2.54. The number of pyridine rings is 1. The number of aliphatic hydroxyl groups is 1. The Balaban J connectivity index is 2.34. The molecule has 0 atom stereocenters. The molecule has 98 valence electrons. The summed E-state index contributed by atoms with van der Waals surface area (Å²) in [5.41, 5.74) is 1.24. The first-order valence-electron chi connectivity index (χ1n) is 5.59. The van der Waals surface area contributed by atoms with Crippen LogP contribution in [0.1, 0.15) is 11.1 Å². The Morgan fingerprint density at radius 2 is 2.16 bits per heavy atom. The summed E-state index contributed by atoms with van der Waals surface area (Å²) in [6.07, 6.45) is 1.47. The van der Waals surface area contributed by atoms with Gasteiger partial charge in [0, 0.05) is 17.8 Å². The summed E-state index contributed by atoms with van der Waals surface area (Å²) in [6.45, 7) is 1.65. The van der Waals surface area contributed by atoms with Crippen molar-refractivity contribution in [1.82, 2.24) is 4.98 Å². The van der Waals surface area contributed by atoms with Gasteiger partial charge in [0.1, 0.15) is 0 Å². The number of ether oxygens (including phenoxy) is 1. The zero-order valence-electron chi connectivity index (χ0n) is 10.2. The van der Waals surface area contributed by atoms with Crippen molar-refractivity contribution >= 4 is 5.69 Å². The van der Waals surface area contributed by atoms with Gasteiger partial charge in [0.15, 0.2) is 0 Å². The summed E-state index contributed by atoms with van der Waals surface area (Å²) in [5.74, 6) is 0.423. The number of aromatic nitrogens is 1. The number of aliphatic hydroxyl groups excluding tert-OH is 1. The Labute approximate surface area is 109 Å². The van der Waals surface area contributed by atoms with Crippen LogP contribution in [-0.2, 0) is 6.61 Å². The number of aryl methyl sites for hydroxylation is 1. The van der Waals surface area contributed by atoms with Crippen LogP contribution in [0.3, 0.4) is 0 Å². The summed E-state index contributed by atoms with van der Waals surface area (Å²) in [4.78, 5) is 14.4. The summed E-state index contributed by atoms with van der Waals surface area (Å²) >= 11 is 0. The molecule has 1 heterocycles. The summed E-state index contributed by atoms with van der Waals surface area (Å²) in [6, 6.07) is 7.82. The molecule has 1 aromatic heterocycles. The Hall–Kier alpha value is -2.47. The largest absolute Gasteiger partial charge is 0.432 e. The van der Waals surface area contributed by atoms with Crippen molar-refractivity contribution in [1.29, 1.82) is 0 Å². The number of nitro benzene ring substituents is 1. The van der Waals surface area contributed by atoms with Gasteiger partial charge < -0.3 is 9.84 Å². The Morgan fingerprint density at radius 3 is 2.79 bits per heavy atom. The van der Waals surface area contributed by atoms with E-state index in [-0.39, 0.29) is 23.9 Å². The highest BCUT2D eigenvalue weighted by atomic mass is 16.6. The molecule has 0 fully saturated rings. The lowest BCUT2D eigenvalue weighted by Crippen LogP contribution is -1.97. The summed E-state index contributed by atoms with van der Waals surface area (Å²) < 4.78 is 5.47. The molecular formula is C13H12N2O4. The standard InChI is InChI=1S/C13H12N2O4/c1-9-6-10(8-16)7-14-13(9)19-12-5-3-2-4-11(12)15(17)18/h2-7,16H,8H2,1H3. The lowest BCUT2D eigenvalue weighted by atomic mass is 10.2. The van der Waals surface area contributed by atoms with E-state index in [0.29, 0.717) is 11.1 Å². The van der Waals surface area contributed by atoms with Gasteiger partial charge in [-0.3, -0.25) is 10.1 Å². The van der Waals surface area contributed by atoms with Gasteiger partial charge in [-0.05, 0) is 24.6 Å². The molecule has 0 radical (unpaired) electrons. The van der Waals surface area contributed by atoms with E-state index in [1.807, 2.05) is 0 Å². The van der Waals surface area contributed by atoms with Crippen LogP contribution in [0.4, 0.5) is 5.69 Å². The van der Waals surface area contributed by atoms with Gasteiger partial charge in [-0.1, -0.05) is 12.1 Å². The number of hydrogen-bond acceptors (Lipinski definition) is 5. The van der Waals surface area contributed by atoms with Crippen molar-refractivity contribution in [3.63, 3.8) is 0 Å². The van der Waals surface area contributed by atoms with Gasteiger partial charge in [-0.2, -0.15) is 0 Å². The highest BCUT2D eigenvalue weighted by molar-refractivity contribution is 5.48. The third kappa shape index (κ3) is 2.86. The Bertz CT molecular complexity index is 613. The lowest BCUT2D eigenvalue weighted by Gasteiger charge is -2.08. The Morgan fingerprint density at radius 1 is 1.42 bits per heavy atom. The fourth-order valence-corrected chi connectivity index (χ4v) is 1.61. The second kappa shape index (κ2) is 5.45. The fraction of sp³-hybridized carbons (Fsp3) is 0.154. The van der Waals surface area contributed by atoms with E-state index in [9.17, 15) is 10.1 Å². The smallest absolute Gasteiger partial charge is 0.311 e. The van der Waals surface area contributed by atoms with Crippen LogP contribution in [0.25, 0.3) is 0 Å². The van der Waals surface area contributed by atoms with Crippen molar-refractivity contribution in [3.05, 3.63) is 57.8 Å². The maximum absolute atomic E-state index is 10.9. The van der Waals surface area contributed by atoms with E-state index in [2.05, 4.69) is 4.98 Å². The van der Waals surface area contributed by atoms with Gasteiger partial charge >= 0.3 is 5.69 Å². The molecule has 0 spiro atoms. The van der Waals surface area contributed by atoms with E-state index in [0.717, 1.165) is 0 Å². The molecule has 2 aromatic rings. The molecule has 19 heavy (non-hydrogen) atoms. The predicted molar refractivity (Wildman–Crippen MR) is 68.1 cm³/mol. The van der Waals surface area contributed by atoms with Crippen LogP contribution in [0.5, 0.6) is 11.6 Å². The first kappa shape index (κ1) is 13.0. The maximum Gasteiger partial charge on any atom is 0.311 e. The first-order valence-corrected chi connectivity index (χ1v) is 5.59. The number of hydrogen-bond donors (Lipinski definition) is 1. The number of nitrogens with zero attached hydrogens (tertiary/aromatic N) is 2. The first-order chi connectivity index (χ1) is 9.11. The summed E-state index contributed by atoms with van der Waals surface area (Å²) in [5, 5.41) is 19.9. The quantitative estimate of drug-likeness (QED) is 0.674. The molecule has 0 saturated heterocycles. The average molecular weight is 260 g/mol. The molecule has 0 saturated carbocycles. The second-order valence-electron chi connectivity index (χ2n) is 3.95. The van der Waals surface area contributed by atoms with Crippen LogP contribution in [0.15, 0.2) is 36.5 Å². The highest BCUT2D eigenvalue weighted by Crippen LogP contribution is 2.31. The fourth-order valence-electron chi connectivity index (χ4n) is 1.61. The maximum atomic E-state index is 10.9. The van der Waals surface area contributed by atoms with Gasteiger partial charge in [0.05, 0.1) is 11.5 Å². The molecule has 0 aliphatic carbocycles. The highest BCUT2D eigenvalue weighted by Gasteiger charge is 2.15. The van der Waals surface area contributed by atoms with Crippen molar-refractivity contribution in [2.45, 2.75) is 13.5 Å². The average Bonchev–Trinajstić information content (AvgIpc) is 2.41. The monoisotopic (exact) mass is 260 g/mol. The van der Waals surface area contributed by atoms with E-state index < -0.39 is 4.92 Å². The Kier molecular flexibility index (Phi) is 3.72. The summed E-state index contributed by atoms with van der Waals surface area (Å²) in [7, 11) is 0. The molecule has 0 aliphatic rings. The molecule has 2 rings (SSSR count). The van der Waals surface area contributed by atoms with Crippen LogP contribution >= 0.6 is 0 Å². The van der Waals surface area contributed by atoms with Crippen molar-refractivity contribution in [2.75, 3.05) is 0 Å². The SMILES string of the molecule is Cc1cc(CO)cnc1Oc1ccccc1[N+](=O)[O-]. The minimum Gasteiger partial charge on any atom is -0.432 e. The van der Waals surface area contributed by atoms with Crippen molar-refractivity contribution < 1.29 is 14.8 Å². The molecule has 1 aromatic carbocycles. The molecule has 6 heteroatoms. The lowest BCUT2D eigenvalue weighted by molar-refractivity contribution is -0.385. The van der Waals surface area contributed by atoms with Crippen molar-refractivity contribution in [3.8, 4) is 11.6 Å². The molecule has 0 unspecified atom stereocenters. The van der Waals surface area contributed by atoms with Gasteiger partial charge in [-0.15, -0.1) is 0 Å². The van der Waals surface area contributed by atoms with E-state index in [1.54, 1.807) is 25.1 Å². The predicted octanol–water partition coefficient (Wildman–Crippen LogP) is 2.58. The van der Waals surface area contributed by atoms with Crippen LogP contribution in [0, 0.1) is 17.0 Å². The molecule has 0 aliphatic heterocycles. The topological polar surface area (TPSA) is 85.5 Å². The minimum absolute atomic E-state index is 0.112. The number of para-hydroxylation sites is 2. The minimum atomic E-state index is -0.507. The van der Waals surface area contributed by atoms with E-state index in [1.165, 1.54) is 18.3 Å². The van der Waals surface area contributed by atoms with Crippen molar-refractivity contribution in [2.24, 2.45) is 0 Å². The number of benzene rings is 1. The van der Waals surface area contributed by atoms with Crippen LogP contribution < -0.4 is 4.74 Å². The van der Waals surface area contributed by atoms with Crippen LogP contribution in [-0.4, -0.2) is 15.0 Å². The van der Waals surface area contributed by atoms with Gasteiger partial charge in [0.2, 0.25) is 11.6 Å². The zero-order chi connectivity index (χ0) is 13.8. The third-order valence-electron chi connectivity index (χ3n) is 2.54. The number of rotatable bonds is 4.